The highest BCUT2D eigenvalue weighted by Gasteiger charge is 2.20. The van der Waals surface area contributed by atoms with E-state index in [-0.39, 0.29) is 24.2 Å². The van der Waals surface area contributed by atoms with E-state index >= 15 is 0 Å². The van der Waals surface area contributed by atoms with E-state index in [9.17, 15) is 13.2 Å². The molecule has 6 nitrogen and oxygen atoms in total. The third kappa shape index (κ3) is 5.41. The van der Waals surface area contributed by atoms with E-state index in [1.807, 2.05) is 26.0 Å². The third-order valence-electron chi connectivity index (χ3n) is 4.58. The van der Waals surface area contributed by atoms with Gasteiger partial charge < -0.3 is 9.47 Å². The summed E-state index contributed by atoms with van der Waals surface area (Å²) in [7, 11) is -3.64. The minimum Gasteiger partial charge on any atom is -0.457 e. The van der Waals surface area contributed by atoms with Gasteiger partial charge in [0.1, 0.15) is 6.61 Å². The van der Waals surface area contributed by atoms with Crippen LogP contribution in [-0.4, -0.2) is 33.6 Å². The van der Waals surface area contributed by atoms with E-state index in [1.165, 1.54) is 24.3 Å². The molecule has 3 rings (SSSR count). The van der Waals surface area contributed by atoms with E-state index in [4.69, 9.17) is 9.47 Å². The van der Waals surface area contributed by atoms with Gasteiger partial charge in [-0.25, -0.2) is 17.9 Å². The second-order valence-electron chi connectivity index (χ2n) is 7.08. The summed E-state index contributed by atoms with van der Waals surface area (Å²) in [6, 6.07) is 11.7. The van der Waals surface area contributed by atoms with Crippen molar-refractivity contribution in [3.8, 4) is 0 Å². The zero-order valence-corrected chi connectivity index (χ0v) is 16.9. The standard InChI is InChI=1S/C21H25NO5S/c1-15-10-16(2)12-17(11-15)14-27-21(23)18-5-7-20(8-6-18)28(24,25)22-13-19-4-3-9-26-19/h5-8,10-12,19,22H,3-4,9,13-14H2,1-2H3. The van der Waals surface area contributed by atoms with Gasteiger partial charge in [-0.05, 0) is 56.5 Å². The predicted molar refractivity (Wildman–Crippen MR) is 106 cm³/mol. The van der Waals surface area contributed by atoms with Crippen LogP contribution in [0.2, 0.25) is 0 Å². The Morgan fingerprint density at radius 3 is 2.43 bits per heavy atom. The minimum absolute atomic E-state index is 0.0747. The molecule has 2 aromatic carbocycles. The van der Waals surface area contributed by atoms with E-state index in [0.29, 0.717) is 12.2 Å². The fourth-order valence-corrected chi connectivity index (χ4v) is 4.31. The Kier molecular flexibility index (Phi) is 6.49. The van der Waals surface area contributed by atoms with Gasteiger partial charge in [0, 0.05) is 13.2 Å². The van der Waals surface area contributed by atoms with E-state index < -0.39 is 16.0 Å². The lowest BCUT2D eigenvalue weighted by Crippen LogP contribution is -2.31. The van der Waals surface area contributed by atoms with Gasteiger partial charge in [-0.3, -0.25) is 0 Å². The summed E-state index contributed by atoms with van der Waals surface area (Å²) in [6.07, 6.45) is 1.73. The molecule has 1 atom stereocenters. The lowest BCUT2D eigenvalue weighted by atomic mass is 10.1. The fourth-order valence-electron chi connectivity index (χ4n) is 3.25. The number of rotatable bonds is 7. The number of hydrogen-bond donors (Lipinski definition) is 1. The van der Waals surface area contributed by atoms with Crippen LogP contribution >= 0.6 is 0 Å². The van der Waals surface area contributed by atoms with E-state index in [0.717, 1.165) is 29.5 Å². The molecule has 1 heterocycles. The first-order valence-corrected chi connectivity index (χ1v) is 10.8. The molecule has 1 unspecified atom stereocenters. The number of benzene rings is 2. The Morgan fingerprint density at radius 2 is 1.82 bits per heavy atom. The summed E-state index contributed by atoms with van der Waals surface area (Å²) in [5.74, 6) is -0.490. The van der Waals surface area contributed by atoms with Crippen molar-refractivity contribution in [3.63, 3.8) is 0 Å². The SMILES string of the molecule is Cc1cc(C)cc(COC(=O)c2ccc(S(=O)(=O)NCC3CCCO3)cc2)c1. The Bertz CT molecular complexity index is 912. The van der Waals surface area contributed by atoms with E-state index in [1.54, 1.807) is 0 Å². The second kappa shape index (κ2) is 8.86. The molecule has 0 saturated carbocycles. The largest absolute Gasteiger partial charge is 0.457 e. The molecule has 1 aliphatic rings. The minimum atomic E-state index is -3.64. The number of esters is 1. The maximum Gasteiger partial charge on any atom is 0.338 e. The topological polar surface area (TPSA) is 81.7 Å². The number of ether oxygens (including phenoxy) is 2. The molecule has 1 saturated heterocycles. The quantitative estimate of drug-likeness (QED) is 0.719. The van der Waals surface area contributed by atoms with Crippen LogP contribution in [0.3, 0.4) is 0 Å². The highest BCUT2D eigenvalue weighted by Crippen LogP contribution is 2.15. The van der Waals surface area contributed by atoms with Gasteiger partial charge in [-0.15, -0.1) is 0 Å². The number of carbonyl (C=O) groups excluding carboxylic acids is 1. The Hall–Kier alpha value is -2.22. The number of aryl methyl sites for hydroxylation is 2. The number of hydrogen-bond acceptors (Lipinski definition) is 5. The molecule has 0 radical (unpaired) electrons. The van der Waals surface area contributed by atoms with Crippen molar-refractivity contribution in [2.75, 3.05) is 13.2 Å². The van der Waals surface area contributed by atoms with Crippen LogP contribution in [-0.2, 0) is 26.1 Å². The average molecular weight is 404 g/mol. The molecule has 0 amide bonds. The van der Waals surface area contributed by atoms with Gasteiger partial charge in [-0.1, -0.05) is 29.3 Å². The lowest BCUT2D eigenvalue weighted by Gasteiger charge is -2.12. The molecule has 2 aromatic rings. The molecule has 1 fully saturated rings. The monoisotopic (exact) mass is 403 g/mol. The van der Waals surface area contributed by atoms with Crippen LogP contribution < -0.4 is 4.72 Å². The molecule has 7 heteroatoms. The van der Waals surface area contributed by atoms with Crippen molar-refractivity contribution >= 4 is 16.0 Å². The van der Waals surface area contributed by atoms with Crippen LogP contribution in [0.25, 0.3) is 0 Å². The molecular formula is C21H25NO5S. The van der Waals surface area contributed by atoms with Crippen LogP contribution in [0.15, 0.2) is 47.4 Å². The number of nitrogens with one attached hydrogen (secondary N) is 1. The maximum absolute atomic E-state index is 12.4. The van der Waals surface area contributed by atoms with Gasteiger partial charge in [0.05, 0.1) is 16.6 Å². The first kappa shape index (κ1) is 20.5. The zero-order valence-electron chi connectivity index (χ0n) is 16.1. The maximum atomic E-state index is 12.4. The van der Waals surface area contributed by atoms with Crippen molar-refractivity contribution in [1.82, 2.24) is 4.72 Å². The molecule has 0 spiro atoms. The van der Waals surface area contributed by atoms with Crippen LogP contribution in [0.5, 0.6) is 0 Å². The van der Waals surface area contributed by atoms with Crippen molar-refractivity contribution in [2.45, 2.75) is 44.3 Å². The highest BCUT2D eigenvalue weighted by atomic mass is 32.2. The molecule has 0 bridgehead atoms. The molecule has 1 aliphatic heterocycles. The van der Waals surface area contributed by atoms with Gasteiger partial charge in [0.25, 0.3) is 0 Å². The molecule has 1 N–H and O–H groups in total. The normalized spacial score (nSPS) is 16.9. The molecular weight excluding hydrogens is 378 g/mol. The summed E-state index contributed by atoms with van der Waals surface area (Å²) in [6.45, 7) is 5.08. The van der Waals surface area contributed by atoms with Gasteiger partial charge in [-0.2, -0.15) is 0 Å². The summed E-state index contributed by atoms with van der Waals surface area (Å²) in [4.78, 5) is 12.4. The number of carbonyl (C=O) groups is 1. The van der Waals surface area contributed by atoms with Crippen LogP contribution in [0.1, 0.15) is 39.9 Å². The van der Waals surface area contributed by atoms with Crippen molar-refractivity contribution < 1.29 is 22.7 Å². The lowest BCUT2D eigenvalue weighted by molar-refractivity contribution is 0.0472. The molecule has 28 heavy (non-hydrogen) atoms. The summed E-state index contributed by atoms with van der Waals surface area (Å²) < 4.78 is 38.0. The third-order valence-corrected chi connectivity index (χ3v) is 6.02. The average Bonchev–Trinajstić information content (AvgIpc) is 3.18. The summed E-state index contributed by atoms with van der Waals surface area (Å²) >= 11 is 0. The van der Waals surface area contributed by atoms with Crippen LogP contribution in [0, 0.1) is 13.8 Å². The van der Waals surface area contributed by atoms with E-state index in [2.05, 4.69) is 10.8 Å². The first-order chi connectivity index (χ1) is 13.3. The Morgan fingerprint density at radius 1 is 1.14 bits per heavy atom. The Balaban J connectivity index is 1.58. The first-order valence-electron chi connectivity index (χ1n) is 9.29. The second-order valence-corrected chi connectivity index (χ2v) is 8.85. The summed E-state index contributed by atoms with van der Waals surface area (Å²) in [5, 5.41) is 0. The van der Waals surface area contributed by atoms with Crippen molar-refractivity contribution in [2.24, 2.45) is 0 Å². The molecule has 0 aromatic heterocycles. The van der Waals surface area contributed by atoms with Crippen molar-refractivity contribution in [3.05, 3.63) is 64.7 Å². The number of sulfonamides is 1. The zero-order chi connectivity index (χ0) is 20.1. The van der Waals surface area contributed by atoms with Crippen LogP contribution in [0.4, 0.5) is 0 Å². The molecule has 0 aliphatic carbocycles. The predicted octanol–water partition coefficient (Wildman–Crippen LogP) is 3.12. The fraction of sp³-hybridized carbons (Fsp3) is 0.381. The van der Waals surface area contributed by atoms with Gasteiger partial charge in [0.15, 0.2) is 0 Å². The Labute approximate surface area is 165 Å². The van der Waals surface area contributed by atoms with Gasteiger partial charge >= 0.3 is 5.97 Å². The molecule has 150 valence electrons. The highest BCUT2D eigenvalue weighted by molar-refractivity contribution is 7.89. The smallest absolute Gasteiger partial charge is 0.338 e. The van der Waals surface area contributed by atoms with Crippen molar-refractivity contribution in [1.29, 1.82) is 0 Å². The van der Waals surface area contributed by atoms with Gasteiger partial charge in [0.2, 0.25) is 10.0 Å². The summed E-state index contributed by atoms with van der Waals surface area (Å²) in [5.41, 5.74) is 3.44.